The number of carbonyl (C=O) groups is 3. The molecule has 4 rings (SSSR count). The molecule has 11 heteroatoms. The van der Waals surface area contributed by atoms with E-state index in [4.69, 9.17) is 4.42 Å². The highest BCUT2D eigenvalue weighted by molar-refractivity contribution is 7.89. The predicted molar refractivity (Wildman–Crippen MR) is 145 cm³/mol. The minimum absolute atomic E-state index is 0.129. The van der Waals surface area contributed by atoms with Crippen LogP contribution in [0, 0.1) is 12.3 Å². The highest BCUT2D eigenvalue weighted by atomic mass is 32.2. The maximum Gasteiger partial charge on any atom is 0.287 e. The molecule has 1 unspecified atom stereocenters. The molecule has 39 heavy (non-hydrogen) atoms. The monoisotopic (exact) mass is 554 g/mol. The minimum Gasteiger partial charge on any atom is -0.451 e. The van der Waals surface area contributed by atoms with Gasteiger partial charge >= 0.3 is 0 Å². The van der Waals surface area contributed by atoms with Gasteiger partial charge in [0.15, 0.2) is 16.6 Å². The van der Waals surface area contributed by atoms with E-state index in [1.165, 1.54) is 12.3 Å². The van der Waals surface area contributed by atoms with E-state index in [9.17, 15) is 22.8 Å². The first-order valence-corrected chi connectivity index (χ1v) is 14.3. The molecule has 1 saturated heterocycles. The zero-order valence-corrected chi connectivity index (χ0v) is 23.4. The number of benzene rings is 1. The molecule has 0 spiro atoms. The molecule has 0 aliphatic carbocycles. The van der Waals surface area contributed by atoms with Crippen molar-refractivity contribution in [2.75, 3.05) is 13.1 Å². The molecular formula is C28H34N4O6S. The number of furan rings is 1. The molecule has 2 amide bonds. The van der Waals surface area contributed by atoms with Crippen LogP contribution < -0.4 is 10.6 Å². The first kappa shape index (κ1) is 28.4. The number of nitrogens with one attached hydrogen (secondary N) is 2. The second kappa shape index (κ2) is 11.3. The van der Waals surface area contributed by atoms with Crippen molar-refractivity contribution in [1.29, 1.82) is 0 Å². The van der Waals surface area contributed by atoms with E-state index in [1.807, 2.05) is 39.0 Å². The molecule has 10 nitrogen and oxygen atoms in total. The second-order valence-electron chi connectivity index (χ2n) is 11.0. The smallest absolute Gasteiger partial charge is 0.287 e. The summed E-state index contributed by atoms with van der Waals surface area (Å²) in [4.78, 5) is 43.6. The van der Waals surface area contributed by atoms with Gasteiger partial charge in [0.1, 0.15) is 11.6 Å². The number of pyridine rings is 1. The van der Waals surface area contributed by atoms with Crippen LogP contribution >= 0.6 is 0 Å². The van der Waals surface area contributed by atoms with Crippen molar-refractivity contribution in [3.05, 3.63) is 60.0 Å². The quantitative estimate of drug-likeness (QED) is 0.457. The SMILES string of the molecule is Cc1c(C(=O)N[C@@H](CC(C)(C)C)C(=O)NC2CCCN(S(=O)(=O)c3ccccn3)CC2=O)oc2ccccc12. The number of sulfonamides is 1. The lowest BCUT2D eigenvalue weighted by Crippen LogP contribution is -2.53. The van der Waals surface area contributed by atoms with Gasteiger partial charge in [0.25, 0.3) is 15.9 Å². The molecule has 0 bridgehead atoms. The molecule has 1 aliphatic heterocycles. The van der Waals surface area contributed by atoms with Crippen LogP contribution in [0.4, 0.5) is 0 Å². The van der Waals surface area contributed by atoms with Gasteiger partial charge in [-0.3, -0.25) is 14.4 Å². The molecule has 208 valence electrons. The van der Waals surface area contributed by atoms with Gasteiger partial charge < -0.3 is 15.1 Å². The number of para-hydroxylation sites is 1. The summed E-state index contributed by atoms with van der Waals surface area (Å²) in [5.74, 6) is -1.32. The van der Waals surface area contributed by atoms with Crippen LogP contribution in [0.1, 0.15) is 56.2 Å². The van der Waals surface area contributed by atoms with Gasteiger partial charge in [-0.2, -0.15) is 4.31 Å². The molecule has 2 atom stereocenters. The van der Waals surface area contributed by atoms with E-state index in [1.54, 1.807) is 25.1 Å². The van der Waals surface area contributed by atoms with E-state index in [0.717, 1.165) is 9.69 Å². The minimum atomic E-state index is -3.95. The van der Waals surface area contributed by atoms with Crippen LogP contribution in [0.2, 0.25) is 0 Å². The topological polar surface area (TPSA) is 139 Å². The van der Waals surface area contributed by atoms with Gasteiger partial charge in [-0.25, -0.2) is 13.4 Å². The third kappa shape index (κ3) is 6.54. The molecule has 1 fully saturated rings. The van der Waals surface area contributed by atoms with Gasteiger partial charge in [0, 0.05) is 23.7 Å². The number of aryl methyl sites for hydroxylation is 1. The average molecular weight is 555 g/mol. The van der Waals surface area contributed by atoms with Crippen molar-refractivity contribution in [2.24, 2.45) is 5.41 Å². The number of aromatic nitrogens is 1. The molecule has 3 aromatic rings. The van der Waals surface area contributed by atoms with Crippen LogP contribution in [-0.4, -0.2) is 60.5 Å². The summed E-state index contributed by atoms with van der Waals surface area (Å²) in [5, 5.41) is 6.25. The average Bonchev–Trinajstić information content (AvgIpc) is 3.11. The Morgan fingerprint density at radius 2 is 1.87 bits per heavy atom. The normalized spacial score (nSPS) is 17.9. The first-order chi connectivity index (χ1) is 18.4. The highest BCUT2D eigenvalue weighted by Gasteiger charge is 2.36. The number of nitrogens with zero attached hydrogens (tertiary/aromatic N) is 2. The molecule has 1 aromatic carbocycles. The third-order valence-electron chi connectivity index (χ3n) is 6.67. The fourth-order valence-corrected chi connectivity index (χ4v) is 6.07. The summed E-state index contributed by atoms with van der Waals surface area (Å²) in [6, 6.07) is 10.0. The standard InChI is InChI=1S/C28H34N4O6S/c1-18-19-10-5-6-12-23(19)38-25(18)27(35)31-21(16-28(2,3)4)26(34)30-20-11-9-15-32(17-22(20)33)39(36,37)24-13-7-8-14-29-24/h5-8,10,12-14,20-21H,9,11,15-17H2,1-4H3,(H,30,34)(H,31,35)/t20?,21-/m0/s1. The van der Waals surface area contributed by atoms with Crippen molar-refractivity contribution in [1.82, 2.24) is 19.9 Å². The Morgan fingerprint density at radius 1 is 1.15 bits per heavy atom. The Labute approximate surface area is 228 Å². The third-order valence-corrected chi connectivity index (χ3v) is 8.43. The van der Waals surface area contributed by atoms with E-state index >= 15 is 0 Å². The largest absolute Gasteiger partial charge is 0.451 e. The van der Waals surface area contributed by atoms with Gasteiger partial charge in [-0.15, -0.1) is 0 Å². The number of Topliss-reactive ketones (excluding diaryl/α,β-unsaturated/α-hetero) is 1. The van der Waals surface area contributed by atoms with Crippen LogP contribution in [0.5, 0.6) is 0 Å². The maximum absolute atomic E-state index is 13.4. The molecule has 0 saturated carbocycles. The number of ketones is 1. The van der Waals surface area contributed by atoms with Crippen molar-refractivity contribution in [3.8, 4) is 0 Å². The van der Waals surface area contributed by atoms with Gasteiger partial charge in [0.05, 0.1) is 12.6 Å². The van der Waals surface area contributed by atoms with Crippen molar-refractivity contribution in [2.45, 2.75) is 64.1 Å². The van der Waals surface area contributed by atoms with Crippen molar-refractivity contribution in [3.63, 3.8) is 0 Å². The van der Waals surface area contributed by atoms with Crippen LogP contribution in [0.15, 0.2) is 58.1 Å². The van der Waals surface area contributed by atoms with E-state index in [0.29, 0.717) is 24.0 Å². The zero-order valence-electron chi connectivity index (χ0n) is 22.6. The molecule has 2 N–H and O–H groups in total. The van der Waals surface area contributed by atoms with Crippen LogP contribution in [0.3, 0.4) is 0 Å². The molecular weight excluding hydrogens is 520 g/mol. The van der Waals surface area contributed by atoms with Gasteiger partial charge in [-0.05, 0) is 49.8 Å². The summed E-state index contributed by atoms with van der Waals surface area (Å²) in [6.45, 7) is 7.38. The fourth-order valence-electron chi connectivity index (χ4n) is 4.69. The summed E-state index contributed by atoms with van der Waals surface area (Å²) >= 11 is 0. The second-order valence-corrected chi connectivity index (χ2v) is 12.9. The number of carbonyl (C=O) groups excluding carboxylic acids is 3. The van der Waals surface area contributed by atoms with Gasteiger partial charge in [0.2, 0.25) is 5.91 Å². The Morgan fingerprint density at radius 3 is 2.54 bits per heavy atom. The summed E-state index contributed by atoms with van der Waals surface area (Å²) in [6.07, 6.45) is 2.34. The van der Waals surface area contributed by atoms with Crippen LogP contribution in [-0.2, 0) is 19.6 Å². The summed E-state index contributed by atoms with van der Waals surface area (Å²) < 4.78 is 32.9. The lowest BCUT2D eigenvalue weighted by atomic mass is 9.87. The number of rotatable bonds is 7. The predicted octanol–water partition coefficient (Wildman–Crippen LogP) is 3.21. The number of fused-ring (bicyclic) bond motifs is 1. The molecule has 3 heterocycles. The fraction of sp³-hybridized carbons (Fsp3) is 0.429. The summed E-state index contributed by atoms with van der Waals surface area (Å²) in [7, 11) is -3.95. The number of hydrogen-bond acceptors (Lipinski definition) is 7. The Kier molecular flexibility index (Phi) is 8.22. The molecule has 0 radical (unpaired) electrons. The first-order valence-electron chi connectivity index (χ1n) is 12.9. The summed E-state index contributed by atoms with van der Waals surface area (Å²) in [5.41, 5.74) is 0.927. The Balaban J connectivity index is 1.48. The Bertz CT molecular complexity index is 1480. The Hall–Kier alpha value is -3.57. The van der Waals surface area contributed by atoms with Crippen molar-refractivity contribution < 1.29 is 27.2 Å². The van der Waals surface area contributed by atoms with E-state index < -0.39 is 39.7 Å². The molecule has 1 aliphatic rings. The lowest BCUT2D eigenvalue weighted by molar-refractivity contribution is -0.129. The number of amides is 2. The van der Waals surface area contributed by atoms with E-state index in [-0.39, 0.29) is 35.7 Å². The highest BCUT2D eigenvalue weighted by Crippen LogP contribution is 2.26. The van der Waals surface area contributed by atoms with Crippen molar-refractivity contribution >= 4 is 38.6 Å². The molecule has 2 aromatic heterocycles. The van der Waals surface area contributed by atoms with Gasteiger partial charge in [-0.1, -0.05) is 45.0 Å². The lowest BCUT2D eigenvalue weighted by Gasteiger charge is -2.27. The van der Waals surface area contributed by atoms with Crippen LogP contribution in [0.25, 0.3) is 11.0 Å². The maximum atomic E-state index is 13.4. The number of hydrogen-bond donors (Lipinski definition) is 2. The van der Waals surface area contributed by atoms with E-state index in [2.05, 4.69) is 15.6 Å². The zero-order chi connectivity index (χ0) is 28.4.